The van der Waals surface area contributed by atoms with Crippen molar-refractivity contribution >= 4 is 11.9 Å². The second-order valence-electron chi connectivity index (χ2n) is 3.67. The molecule has 80 valence electrons. The van der Waals surface area contributed by atoms with E-state index in [4.69, 9.17) is 5.11 Å². The summed E-state index contributed by atoms with van der Waals surface area (Å²) in [5.41, 5.74) is 0. The zero-order valence-corrected chi connectivity index (χ0v) is 8.25. The number of rotatable bonds is 5. The molecule has 1 fully saturated rings. The average molecular weight is 200 g/mol. The molecule has 14 heavy (non-hydrogen) atoms. The highest BCUT2D eigenvalue weighted by molar-refractivity contribution is 5.80. The van der Waals surface area contributed by atoms with Crippen LogP contribution in [0, 0.1) is 11.8 Å². The molecule has 1 atom stereocenters. The first-order chi connectivity index (χ1) is 6.61. The van der Waals surface area contributed by atoms with Gasteiger partial charge in [0.05, 0.1) is 11.8 Å². The number of hydrogen-bond donors (Lipinski definition) is 3. The lowest BCUT2D eigenvalue weighted by atomic mass is 10.0. The van der Waals surface area contributed by atoms with Crippen molar-refractivity contribution in [3.05, 3.63) is 0 Å². The van der Waals surface area contributed by atoms with E-state index in [1.807, 2.05) is 0 Å². The fourth-order valence-electron chi connectivity index (χ4n) is 1.15. The van der Waals surface area contributed by atoms with Gasteiger partial charge >= 0.3 is 5.97 Å². The number of carbonyl (C=O) groups excluding carboxylic acids is 1. The van der Waals surface area contributed by atoms with Crippen LogP contribution in [0.15, 0.2) is 0 Å². The van der Waals surface area contributed by atoms with Gasteiger partial charge in [-0.25, -0.2) is 0 Å². The maximum atomic E-state index is 11.3. The van der Waals surface area contributed by atoms with Gasteiger partial charge in [0, 0.05) is 19.6 Å². The molecular weight excluding hydrogens is 184 g/mol. The summed E-state index contributed by atoms with van der Waals surface area (Å²) in [5, 5.41) is 14.3. The Labute approximate surface area is 82.9 Å². The molecule has 5 heteroatoms. The number of nitrogens with one attached hydrogen (secondary N) is 2. The minimum atomic E-state index is -0.815. The van der Waals surface area contributed by atoms with E-state index in [1.165, 1.54) is 0 Å². The molecule has 1 aliphatic rings. The van der Waals surface area contributed by atoms with Gasteiger partial charge in [0.15, 0.2) is 0 Å². The lowest BCUT2D eigenvalue weighted by Gasteiger charge is -2.25. The van der Waals surface area contributed by atoms with Gasteiger partial charge in [0.25, 0.3) is 0 Å². The summed E-state index contributed by atoms with van der Waals surface area (Å²) in [6.07, 6.45) is 0.487. The maximum Gasteiger partial charge on any atom is 0.306 e. The van der Waals surface area contributed by atoms with Crippen molar-refractivity contribution in [1.82, 2.24) is 10.6 Å². The Morgan fingerprint density at radius 3 is 2.64 bits per heavy atom. The third-order valence-electron chi connectivity index (χ3n) is 2.45. The molecule has 0 aliphatic carbocycles. The van der Waals surface area contributed by atoms with Crippen LogP contribution in [-0.2, 0) is 9.59 Å². The van der Waals surface area contributed by atoms with Crippen LogP contribution in [0.25, 0.3) is 0 Å². The molecule has 0 spiro atoms. The summed E-state index contributed by atoms with van der Waals surface area (Å²) < 4.78 is 0. The van der Waals surface area contributed by atoms with Gasteiger partial charge in [-0.3, -0.25) is 9.59 Å². The van der Waals surface area contributed by atoms with Crippen molar-refractivity contribution in [2.24, 2.45) is 11.8 Å². The molecule has 0 bridgehead atoms. The Morgan fingerprint density at radius 1 is 1.57 bits per heavy atom. The Morgan fingerprint density at radius 2 is 2.21 bits per heavy atom. The molecule has 1 rings (SSSR count). The van der Waals surface area contributed by atoms with E-state index in [-0.39, 0.29) is 11.8 Å². The van der Waals surface area contributed by atoms with Crippen LogP contribution in [0.2, 0.25) is 0 Å². The highest BCUT2D eigenvalue weighted by Crippen LogP contribution is 2.03. The number of aliphatic carboxylic acids is 1. The number of hydrogen-bond acceptors (Lipinski definition) is 3. The fourth-order valence-corrected chi connectivity index (χ4v) is 1.15. The predicted molar refractivity (Wildman–Crippen MR) is 50.8 cm³/mol. The normalized spacial score (nSPS) is 18.4. The summed E-state index contributed by atoms with van der Waals surface area (Å²) in [7, 11) is 0. The first-order valence-corrected chi connectivity index (χ1v) is 4.82. The van der Waals surface area contributed by atoms with Gasteiger partial charge in [-0.05, 0) is 6.42 Å². The minimum Gasteiger partial charge on any atom is -0.481 e. The first kappa shape index (κ1) is 11.0. The third-order valence-corrected chi connectivity index (χ3v) is 2.45. The van der Waals surface area contributed by atoms with E-state index in [2.05, 4.69) is 10.6 Å². The molecule has 1 amide bonds. The zero-order chi connectivity index (χ0) is 10.6. The van der Waals surface area contributed by atoms with Crippen molar-refractivity contribution in [2.45, 2.75) is 13.3 Å². The fraction of sp³-hybridized carbons (Fsp3) is 0.778. The first-order valence-electron chi connectivity index (χ1n) is 4.82. The minimum absolute atomic E-state index is 0.0290. The van der Waals surface area contributed by atoms with Gasteiger partial charge in [-0.15, -0.1) is 0 Å². The Bertz CT molecular complexity index is 226. The maximum absolute atomic E-state index is 11.3. The highest BCUT2D eigenvalue weighted by atomic mass is 16.4. The zero-order valence-electron chi connectivity index (χ0n) is 8.25. The van der Waals surface area contributed by atoms with Gasteiger partial charge in [0.1, 0.15) is 0 Å². The topological polar surface area (TPSA) is 78.4 Å². The van der Waals surface area contributed by atoms with E-state index < -0.39 is 11.9 Å². The second kappa shape index (κ2) is 4.95. The summed E-state index contributed by atoms with van der Waals surface area (Å²) in [6, 6.07) is 0. The highest BCUT2D eigenvalue weighted by Gasteiger charge is 2.24. The van der Waals surface area contributed by atoms with Crippen LogP contribution in [0.1, 0.15) is 13.3 Å². The van der Waals surface area contributed by atoms with Gasteiger partial charge in [0.2, 0.25) is 5.91 Å². The van der Waals surface area contributed by atoms with E-state index in [9.17, 15) is 9.59 Å². The van der Waals surface area contributed by atoms with Crippen LogP contribution < -0.4 is 10.6 Å². The Kier molecular flexibility index (Phi) is 3.88. The molecule has 5 nitrogen and oxygen atoms in total. The summed E-state index contributed by atoms with van der Waals surface area (Å²) >= 11 is 0. The number of carbonyl (C=O) groups is 2. The van der Waals surface area contributed by atoms with E-state index in [0.29, 0.717) is 13.0 Å². The monoisotopic (exact) mass is 200 g/mol. The quantitative estimate of drug-likeness (QED) is 0.555. The van der Waals surface area contributed by atoms with Gasteiger partial charge < -0.3 is 15.7 Å². The smallest absolute Gasteiger partial charge is 0.306 e. The molecule has 0 radical (unpaired) electrons. The van der Waals surface area contributed by atoms with Crippen molar-refractivity contribution < 1.29 is 14.7 Å². The van der Waals surface area contributed by atoms with Crippen molar-refractivity contribution in [3.8, 4) is 0 Å². The lowest BCUT2D eigenvalue weighted by Crippen LogP contribution is -2.51. The Balaban J connectivity index is 2.08. The van der Waals surface area contributed by atoms with Crippen LogP contribution in [0.3, 0.4) is 0 Å². The second-order valence-corrected chi connectivity index (χ2v) is 3.67. The number of carboxylic acid groups (broad SMARTS) is 1. The molecular formula is C9H16N2O3. The summed E-state index contributed by atoms with van der Waals surface area (Å²) in [4.78, 5) is 21.7. The molecule has 0 saturated carbocycles. The van der Waals surface area contributed by atoms with E-state index in [1.54, 1.807) is 6.92 Å². The third kappa shape index (κ3) is 2.99. The molecule has 0 aromatic heterocycles. The van der Waals surface area contributed by atoms with Crippen molar-refractivity contribution in [2.75, 3.05) is 19.6 Å². The number of amides is 1. The lowest BCUT2D eigenvalue weighted by molar-refractivity contribution is -0.141. The van der Waals surface area contributed by atoms with Crippen LogP contribution in [0.4, 0.5) is 0 Å². The largest absolute Gasteiger partial charge is 0.481 e. The van der Waals surface area contributed by atoms with Crippen LogP contribution >= 0.6 is 0 Å². The van der Waals surface area contributed by atoms with Crippen LogP contribution in [0.5, 0.6) is 0 Å². The standard InChI is InChI=1S/C9H16N2O3/c1-6(9(13)14)2-3-11-8(12)7-4-10-5-7/h6-7,10H,2-5H2,1H3,(H,11,12)(H,13,14). The van der Waals surface area contributed by atoms with E-state index in [0.717, 1.165) is 13.1 Å². The molecule has 3 N–H and O–H groups in total. The summed E-state index contributed by atoms with van der Waals surface area (Å²) in [6.45, 7) is 3.56. The van der Waals surface area contributed by atoms with E-state index >= 15 is 0 Å². The number of carboxylic acids is 1. The van der Waals surface area contributed by atoms with Gasteiger partial charge in [-0.2, -0.15) is 0 Å². The van der Waals surface area contributed by atoms with Crippen molar-refractivity contribution in [1.29, 1.82) is 0 Å². The molecule has 0 aromatic rings. The summed E-state index contributed by atoms with van der Waals surface area (Å²) in [5.74, 6) is -1.10. The molecule has 1 aliphatic heterocycles. The Hall–Kier alpha value is -1.10. The molecule has 1 heterocycles. The van der Waals surface area contributed by atoms with Crippen LogP contribution in [-0.4, -0.2) is 36.6 Å². The molecule has 1 saturated heterocycles. The van der Waals surface area contributed by atoms with Gasteiger partial charge in [-0.1, -0.05) is 6.92 Å². The van der Waals surface area contributed by atoms with Crippen molar-refractivity contribution in [3.63, 3.8) is 0 Å². The SMILES string of the molecule is CC(CCNC(=O)C1CNC1)C(=O)O. The predicted octanol–water partition coefficient (Wildman–Crippen LogP) is -0.567. The molecule has 0 aromatic carbocycles. The average Bonchev–Trinajstić information content (AvgIpc) is 2.00. The molecule has 1 unspecified atom stereocenters.